The second-order valence-electron chi connectivity index (χ2n) is 4.59. The lowest BCUT2D eigenvalue weighted by Gasteiger charge is -2.16. The van der Waals surface area contributed by atoms with Crippen LogP contribution in [0.15, 0.2) is 18.3 Å². The van der Waals surface area contributed by atoms with Crippen molar-refractivity contribution in [2.75, 3.05) is 5.32 Å². The molecule has 106 valence electrons. The van der Waals surface area contributed by atoms with Crippen molar-refractivity contribution < 1.29 is 14.3 Å². The van der Waals surface area contributed by atoms with Crippen LogP contribution in [0.25, 0.3) is 0 Å². The first-order valence-electron chi connectivity index (χ1n) is 6.10. The summed E-state index contributed by atoms with van der Waals surface area (Å²) in [4.78, 5) is 17.3. The number of rotatable bonds is 4. The zero-order valence-corrected chi connectivity index (χ0v) is 12.2. The largest absolute Gasteiger partial charge is 0.478 e. The number of pyridine rings is 1. The van der Waals surface area contributed by atoms with E-state index in [2.05, 4.69) is 16.4 Å². The van der Waals surface area contributed by atoms with E-state index in [0.29, 0.717) is 0 Å². The molecular formula is C14H15FN2O2S. The number of nitrogens with one attached hydrogen (secondary N) is 1. The van der Waals surface area contributed by atoms with Crippen LogP contribution in [-0.4, -0.2) is 16.1 Å². The van der Waals surface area contributed by atoms with E-state index in [1.54, 1.807) is 11.3 Å². The van der Waals surface area contributed by atoms with Crippen molar-refractivity contribution in [1.29, 1.82) is 0 Å². The highest BCUT2D eigenvalue weighted by Crippen LogP contribution is 2.29. The van der Waals surface area contributed by atoms with Gasteiger partial charge in [-0.1, -0.05) is 0 Å². The van der Waals surface area contributed by atoms with Gasteiger partial charge in [0.15, 0.2) is 0 Å². The zero-order chi connectivity index (χ0) is 14.9. The van der Waals surface area contributed by atoms with Crippen molar-refractivity contribution in [3.63, 3.8) is 0 Å². The van der Waals surface area contributed by atoms with Gasteiger partial charge in [0, 0.05) is 9.75 Å². The van der Waals surface area contributed by atoms with Crippen molar-refractivity contribution in [1.82, 2.24) is 4.98 Å². The first kappa shape index (κ1) is 14.5. The first-order chi connectivity index (χ1) is 9.38. The van der Waals surface area contributed by atoms with Crippen LogP contribution in [0.3, 0.4) is 0 Å². The molecule has 0 aliphatic rings. The molecule has 0 aromatic carbocycles. The predicted octanol–water partition coefficient (Wildman–Crippen LogP) is 3.77. The molecule has 1 atom stereocenters. The molecule has 2 N–H and O–H groups in total. The molecule has 0 bridgehead atoms. The average Bonchev–Trinajstić information content (AvgIpc) is 2.70. The fourth-order valence-electron chi connectivity index (χ4n) is 2.08. The third-order valence-corrected chi connectivity index (χ3v) is 3.97. The minimum absolute atomic E-state index is 0.101. The van der Waals surface area contributed by atoms with Gasteiger partial charge in [-0.25, -0.2) is 14.2 Å². The Morgan fingerprint density at radius 2 is 2.15 bits per heavy atom. The quantitative estimate of drug-likeness (QED) is 0.901. The van der Waals surface area contributed by atoms with Crippen LogP contribution >= 0.6 is 11.3 Å². The van der Waals surface area contributed by atoms with E-state index in [1.165, 1.54) is 9.75 Å². The lowest BCUT2D eigenvalue weighted by molar-refractivity contribution is 0.0697. The molecule has 2 aromatic heterocycles. The van der Waals surface area contributed by atoms with E-state index in [0.717, 1.165) is 17.8 Å². The minimum Gasteiger partial charge on any atom is -0.478 e. The number of aromatic nitrogens is 1. The number of anilines is 1. The Labute approximate surface area is 120 Å². The standard InChI is InChI=1S/C14H15FN2O2S/c1-7-4-11(9(3)20-7)8(2)17-13-12(14(18)19)5-10(15)6-16-13/h4-6,8H,1-3H3,(H,16,17)(H,18,19). The number of carbonyl (C=O) groups is 1. The molecule has 2 heterocycles. The van der Waals surface area contributed by atoms with Crippen LogP contribution in [0.5, 0.6) is 0 Å². The predicted molar refractivity (Wildman–Crippen MR) is 77.0 cm³/mol. The maximum Gasteiger partial charge on any atom is 0.339 e. The van der Waals surface area contributed by atoms with E-state index >= 15 is 0 Å². The molecule has 0 aliphatic carbocycles. The summed E-state index contributed by atoms with van der Waals surface area (Å²) in [7, 11) is 0. The highest BCUT2D eigenvalue weighted by Gasteiger charge is 2.17. The van der Waals surface area contributed by atoms with E-state index in [-0.39, 0.29) is 17.4 Å². The van der Waals surface area contributed by atoms with Crippen LogP contribution < -0.4 is 5.32 Å². The molecule has 0 saturated heterocycles. The Balaban J connectivity index is 2.30. The van der Waals surface area contributed by atoms with Crippen molar-refractivity contribution in [3.05, 3.63) is 45.0 Å². The first-order valence-corrected chi connectivity index (χ1v) is 6.92. The fraction of sp³-hybridized carbons (Fsp3) is 0.286. The monoisotopic (exact) mass is 294 g/mol. The summed E-state index contributed by atoms with van der Waals surface area (Å²) in [6, 6.07) is 2.92. The number of nitrogens with zero attached hydrogens (tertiary/aromatic N) is 1. The lowest BCUT2D eigenvalue weighted by atomic mass is 10.1. The Morgan fingerprint density at radius 3 is 2.70 bits per heavy atom. The van der Waals surface area contributed by atoms with Gasteiger partial charge >= 0.3 is 5.97 Å². The van der Waals surface area contributed by atoms with E-state index in [4.69, 9.17) is 5.11 Å². The van der Waals surface area contributed by atoms with Crippen molar-refractivity contribution in [2.45, 2.75) is 26.8 Å². The summed E-state index contributed by atoms with van der Waals surface area (Å²) < 4.78 is 13.1. The molecule has 0 spiro atoms. The van der Waals surface area contributed by atoms with Gasteiger partial charge in [-0.15, -0.1) is 11.3 Å². The summed E-state index contributed by atoms with van der Waals surface area (Å²) in [5.41, 5.74) is 0.927. The number of halogens is 1. The Morgan fingerprint density at radius 1 is 1.45 bits per heavy atom. The summed E-state index contributed by atoms with van der Waals surface area (Å²) in [5.74, 6) is -1.69. The van der Waals surface area contributed by atoms with Gasteiger partial charge in [0.25, 0.3) is 0 Å². The molecule has 4 nitrogen and oxygen atoms in total. The number of aryl methyl sites for hydroxylation is 2. The molecule has 20 heavy (non-hydrogen) atoms. The molecule has 2 aromatic rings. The van der Waals surface area contributed by atoms with Gasteiger partial charge in [-0.3, -0.25) is 0 Å². The third kappa shape index (κ3) is 2.96. The van der Waals surface area contributed by atoms with Gasteiger partial charge < -0.3 is 10.4 Å². The third-order valence-electron chi connectivity index (χ3n) is 2.98. The Hall–Kier alpha value is -1.95. The van der Waals surface area contributed by atoms with Gasteiger partial charge in [0.05, 0.1) is 12.2 Å². The van der Waals surface area contributed by atoms with Crippen molar-refractivity contribution in [3.8, 4) is 0 Å². The summed E-state index contributed by atoms with van der Waals surface area (Å²) >= 11 is 1.68. The van der Waals surface area contributed by atoms with E-state index < -0.39 is 11.8 Å². The summed E-state index contributed by atoms with van der Waals surface area (Å²) in [6.45, 7) is 5.96. The lowest BCUT2D eigenvalue weighted by Crippen LogP contribution is -2.12. The van der Waals surface area contributed by atoms with Crippen LogP contribution in [0, 0.1) is 19.7 Å². The molecule has 0 fully saturated rings. The summed E-state index contributed by atoms with van der Waals surface area (Å²) in [5, 5.41) is 12.1. The Bertz CT molecular complexity index is 655. The topological polar surface area (TPSA) is 62.2 Å². The number of thiophene rings is 1. The average molecular weight is 294 g/mol. The molecule has 6 heteroatoms. The minimum atomic E-state index is -1.20. The normalized spacial score (nSPS) is 12.2. The molecule has 0 amide bonds. The number of carboxylic acid groups (broad SMARTS) is 1. The molecule has 0 aliphatic heterocycles. The maximum atomic E-state index is 13.1. The summed E-state index contributed by atoms with van der Waals surface area (Å²) in [6.07, 6.45) is 1.01. The molecule has 0 radical (unpaired) electrons. The fourth-order valence-corrected chi connectivity index (χ4v) is 3.10. The Kier molecular flexibility index (Phi) is 4.04. The highest BCUT2D eigenvalue weighted by atomic mass is 32.1. The zero-order valence-electron chi connectivity index (χ0n) is 11.4. The van der Waals surface area contributed by atoms with Gasteiger partial charge in [0.1, 0.15) is 17.2 Å². The van der Waals surface area contributed by atoms with Crippen molar-refractivity contribution in [2.24, 2.45) is 0 Å². The SMILES string of the molecule is Cc1cc(C(C)Nc2ncc(F)cc2C(=O)O)c(C)s1. The highest BCUT2D eigenvalue weighted by molar-refractivity contribution is 7.12. The number of aromatic carboxylic acids is 1. The van der Waals surface area contributed by atoms with Gasteiger partial charge in [-0.2, -0.15) is 0 Å². The van der Waals surface area contributed by atoms with E-state index in [9.17, 15) is 9.18 Å². The van der Waals surface area contributed by atoms with Crippen LogP contribution in [0.1, 0.15) is 38.6 Å². The van der Waals surface area contributed by atoms with Crippen LogP contribution in [0.4, 0.5) is 10.2 Å². The van der Waals surface area contributed by atoms with Gasteiger partial charge in [0.2, 0.25) is 0 Å². The van der Waals surface area contributed by atoms with Gasteiger partial charge in [-0.05, 0) is 38.5 Å². The molecule has 1 unspecified atom stereocenters. The number of carboxylic acids is 1. The van der Waals surface area contributed by atoms with Crippen molar-refractivity contribution >= 4 is 23.1 Å². The van der Waals surface area contributed by atoms with Crippen LogP contribution in [-0.2, 0) is 0 Å². The molecule has 0 saturated carbocycles. The second-order valence-corrected chi connectivity index (χ2v) is 6.05. The molecular weight excluding hydrogens is 279 g/mol. The van der Waals surface area contributed by atoms with Crippen LogP contribution in [0.2, 0.25) is 0 Å². The number of hydrogen-bond donors (Lipinski definition) is 2. The van der Waals surface area contributed by atoms with E-state index in [1.807, 2.05) is 20.8 Å². The molecule has 2 rings (SSSR count). The maximum absolute atomic E-state index is 13.1. The smallest absolute Gasteiger partial charge is 0.339 e. The number of hydrogen-bond acceptors (Lipinski definition) is 4. The second kappa shape index (κ2) is 5.58.